The van der Waals surface area contributed by atoms with Gasteiger partial charge in [-0.2, -0.15) is 0 Å². The van der Waals surface area contributed by atoms with Crippen molar-refractivity contribution < 1.29 is 0 Å². The molecule has 0 saturated heterocycles. The smallest absolute Gasteiger partial charge is 0.246 e. The van der Waals surface area contributed by atoms with Crippen molar-refractivity contribution in [2.45, 2.75) is 37.9 Å². The highest BCUT2D eigenvalue weighted by molar-refractivity contribution is 6.97. The Morgan fingerprint density at radius 3 is 2.04 bits per heavy atom. The van der Waals surface area contributed by atoms with Crippen molar-refractivity contribution in [1.82, 2.24) is 0 Å². The third-order valence-electron chi connectivity index (χ3n) is 12.1. The molecule has 244 valence electrons. The van der Waals surface area contributed by atoms with E-state index in [0.29, 0.717) is 17.7 Å². The van der Waals surface area contributed by atoms with Crippen LogP contribution in [0.25, 0.3) is 11.1 Å². The van der Waals surface area contributed by atoms with Gasteiger partial charge in [-0.1, -0.05) is 163 Å². The zero-order chi connectivity index (χ0) is 33.7. The zero-order valence-corrected chi connectivity index (χ0v) is 29.0. The summed E-state index contributed by atoms with van der Waals surface area (Å²) < 4.78 is 0. The molecule has 2 heterocycles. The van der Waals surface area contributed by atoms with Crippen LogP contribution < -0.4 is 26.8 Å². The fourth-order valence-corrected chi connectivity index (χ4v) is 9.62. The van der Waals surface area contributed by atoms with E-state index in [1.165, 1.54) is 66.7 Å². The van der Waals surface area contributed by atoms with Gasteiger partial charge in [-0.25, -0.2) is 0 Å². The van der Waals surface area contributed by atoms with Crippen molar-refractivity contribution in [2.24, 2.45) is 11.8 Å². The summed E-state index contributed by atoms with van der Waals surface area (Å²) in [5.41, 5.74) is 16.6. The number of hydrogen-bond acceptors (Lipinski definition) is 1. The van der Waals surface area contributed by atoms with Crippen LogP contribution in [0.5, 0.6) is 0 Å². The number of hydrogen-bond donors (Lipinski definition) is 0. The second-order valence-corrected chi connectivity index (χ2v) is 14.9. The largest absolute Gasteiger partial charge is 0.313 e. The molecule has 4 aromatic rings. The molecule has 0 N–H and O–H groups in total. The SMILES string of the molecule is C1=CCC(C2=CCC(B3c4ccccc4N4c5ccccc5B(C5=CCC(C6=CCCC=C6)C=C5)c5cc(-c6ccccc6)cc3c54)C=C2)C=C1. The standard InChI is InChI=1S/C48H41B2N/c1-4-14-34(15-5-1)37-24-28-40(29-25-37)49-42-20-10-12-22-46(42)51-47-23-13-11-21-43(47)50(41-30-26-38(27-31-41)35-16-6-2-7-17-35)45-33-39(32-44(49)48(45)51)36-18-8-3-9-19-36/h1,3-6,8-14,16-26,28,30-34,38,40H,2,7,15,27,29H2. The Morgan fingerprint density at radius 2 is 1.29 bits per heavy atom. The van der Waals surface area contributed by atoms with E-state index in [1.54, 1.807) is 0 Å². The minimum Gasteiger partial charge on any atom is -0.313 e. The molecule has 0 aromatic heterocycles. The lowest BCUT2D eigenvalue weighted by atomic mass is 9.28. The van der Waals surface area contributed by atoms with Crippen LogP contribution in [-0.4, -0.2) is 13.4 Å². The van der Waals surface area contributed by atoms with Gasteiger partial charge >= 0.3 is 0 Å². The molecule has 0 saturated carbocycles. The van der Waals surface area contributed by atoms with Gasteiger partial charge in [-0.3, -0.25) is 0 Å². The molecule has 3 unspecified atom stereocenters. The molecule has 0 fully saturated rings. The molecule has 4 aliphatic carbocycles. The summed E-state index contributed by atoms with van der Waals surface area (Å²) in [6.45, 7) is 0.412. The Bertz CT molecular complexity index is 2280. The van der Waals surface area contributed by atoms with E-state index in [-0.39, 0.29) is 13.4 Å². The molecule has 4 aromatic carbocycles. The van der Waals surface area contributed by atoms with E-state index >= 15 is 0 Å². The molecule has 2 aliphatic heterocycles. The molecule has 0 amide bonds. The topological polar surface area (TPSA) is 3.24 Å². The van der Waals surface area contributed by atoms with Crippen LogP contribution >= 0.6 is 0 Å². The average molecular weight is 653 g/mol. The molecule has 1 nitrogen and oxygen atoms in total. The molecule has 6 aliphatic rings. The monoisotopic (exact) mass is 653 g/mol. The van der Waals surface area contributed by atoms with E-state index in [0.717, 1.165) is 32.1 Å². The predicted molar refractivity (Wildman–Crippen MR) is 220 cm³/mol. The third-order valence-corrected chi connectivity index (χ3v) is 12.1. The second-order valence-electron chi connectivity index (χ2n) is 14.9. The highest BCUT2D eigenvalue weighted by Crippen LogP contribution is 2.43. The van der Waals surface area contributed by atoms with Crippen LogP contribution in [0, 0.1) is 11.8 Å². The van der Waals surface area contributed by atoms with Gasteiger partial charge in [0.15, 0.2) is 0 Å². The van der Waals surface area contributed by atoms with Gasteiger partial charge in [0, 0.05) is 28.9 Å². The molecule has 0 radical (unpaired) electrons. The lowest BCUT2D eigenvalue weighted by Crippen LogP contribution is -2.60. The van der Waals surface area contributed by atoms with Crippen molar-refractivity contribution >= 4 is 52.3 Å². The number of para-hydroxylation sites is 2. The van der Waals surface area contributed by atoms with Gasteiger partial charge < -0.3 is 4.90 Å². The summed E-state index contributed by atoms with van der Waals surface area (Å²) in [6, 6.07) is 34.5. The molecule has 3 atom stereocenters. The number of allylic oxidation sites excluding steroid dienone is 16. The Labute approximate surface area is 303 Å². The second kappa shape index (κ2) is 12.8. The van der Waals surface area contributed by atoms with E-state index < -0.39 is 0 Å². The molecule has 0 bridgehead atoms. The van der Waals surface area contributed by atoms with Crippen molar-refractivity contribution in [3.63, 3.8) is 0 Å². The van der Waals surface area contributed by atoms with E-state index in [1.807, 2.05) is 0 Å². The van der Waals surface area contributed by atoms with Crippen LogP contribution in [0.15, 0.2) is 187 Å². The number of nitrogens with zero attached hydrogens (tertiary/aromatic N) is 1. The molecule has 3 heteroatoms. The minimum atomic E-state index is 0.161. The Hall–Kier alpha value is -5.27. The van der Waals surface area contributed by atoms with Gasteiger partial charge in [0.25, 0.3) is 0 Å². The Morgan fingerprint density at radius 1 is 0.529 bits per heavy atom. The highest BCUT2D eigenvalue weighted by Gasteiger charge is 2.45. The van der Waals surface area contributed by atoms with Gasteiger partial charge in [0.2, 0.25) is 13.4 Å². The first kappa shape index (κ1) is 30.5. The van der Waals surface area contributed by atoms with E-state index in [4.69, 9.17) is 0 Å². The number of benzene rings is 4. The van der Waals surface area contributed by atoms with Crippen molar-refractivity contribution in [3.05, 3.63) is 187 Å². The molecule has 0 spiro atoms. The van der Waals surface area contributed by atoms with Gasteiger partial charge in [-0.05, 0) is 94.2 Å². The van der Waals surface area contributed by atoms with Crippen molar-refractivity contribution in [3.8, 4) is 11.1 Å². The first-order chi connectivity index (χ1) is 25.3. The maximum absolute atomic E-state index is 2.61. The first-order valence-electron chi connectivity index (χ1n) is 19.0. The van der Waals surface area contributed by atoms with Crippen molar-refractivity contribution in [2.75, 3.05) is 4.90 Å². The van der Waals surface area contributed by atoms with E-state index in [2.05, 4.69) is 175 Å². The molecule has 51 heavy (non-hydrogen) atoms. The molecular weight excluding hydrogens is 612 g/mol. The normalized spacial score (nSPS) is 22.5. The molecular formula is C48H41B2N. The van der Waals surface area contributed by atoms with Gasteiger partial charge in [0.05, 0.1) is 0 Å². The summed E-state index contributed by atoms with van der Waals surface area (Å²) in [5.74, 6) is 1.31. The summed E-state index contributed by atoms with van der Waals surface area (Å²) in [5, 5.41) is 0. The highest BCUT2D eigenvalue weighted by atomic mass is 15.2. The van der Waals surface area contributed by atoms with Gasteiger partial charge in [-0.15, -0.1) is 0 Å². The van der Waals surface area contributed by atoms with Crippen LogP contribution in [0.2, 0.25) is 5.82 Å². The maximum atomic E-state index is 2.61. The van der Waals surface area contributed by atoms with Gasteiger partial charge in [0.1, 0.15) is 0 Å². The minimum absolute atomic E-state index is 0.161. The fourth-order valence-electron chi connectivity index (χ4n) is 9.62. The van der Waals surface area contributed by atoms with Crippen LogP contribution in [-0.2, 0) is 0 Å². The number of anilines is 3. The first-order valence-corrected chi connectivity index (χ1v) is 19.0. The van der Waals surface area contributed by atoms with E-state index in [9.17, 15) is 0 Å². The third kappa shape index (κ3) is 5.25. The Kier molecular flexibility index (Phi) is 7.67. The lowest BCUT2D eigenvalue weighted by molar-refractivity contribution is 0.768. The number of rotatable bonds is 5. The average Bonchev–Trinajstić information content (AvgIpc) is 3.22. The summed E-state index contributed by atoms with van der Waals surface area (Å²) in [7, 11) is 0. The fraction of sp³-hybridized carbons (Fsp3) is 0.167. The zero-order valence-electron chi connectivity index (χ0n) is 29.0. The molecule has 10 rings (SSSR count). The predicted octanol–water partition coefficient (Wildman–Crippen LogP) is 9.38. The number of fused-ring (bicyclic) bond motifs is 4. The summed E-state index contributed by atoms with van der Waals surface area (Å²) >= 11 is 0. The summed E-state index contributed by atoms with van der Waals surface area (Å²) in [4.78, 5) is 2.61. The summed E-state index contributed by atoms with van der Waals surface area (Å²) in [6.07, 6.45) is 36.7. The van der Waals surface area contributed by atoms with Crippen LogP contribution in [0.4, 0.5) is 17.1 Å². The lowest BCUT2D eigenvalue weighted by Gasteiger charge is -2.45. The Balaban J connectivity index is 1.15. The maximum Gasteiger partial charge on any atom is 0.246 e. The quantitative estimate of drug-likeness (QED) is 0.194. The van der Waals surface area contributed by atoms with Crippen LogP contribution in [0.3, 0.4) is 0 Å². The van der Waals surface area contributed by atoms with Crippen LogP contribution in [0.1, 0.15) is 32.1 Å². The van der Waals surface area contributed by atoms with Crippen molar-refractivity contribution in [1.29, 1.82) is 0 Å².